The Labute approximate surface area is 130 Å². The van der Waals surface area contributed by atoms with Crippen LogP contribution >= 0.6 is 23.6 Å². The molecule has 0 aliphatic carbocycles. The SMILES string of the molecule is COc1cccc(-c2nc(/C=C3\NC(=S)NC3=O)cs2)c1. The lowest BCUT2D eigenvalue weighted by Gasteiger charge is -2.01. The zero-order chi connectivity index (χ0) is 14.8. The summed E-state index contributed by atoms with van der Waals surface area (Å²) < 4.78 is 5.20. The van der Waals surface area contributed by atoms with E-state index in [1.54, 1.807) is 13.2 Å². The lowest BCUT2D eigenvalue weighted by Crippen LogP contribution is -2.21. The van der Waals surface area contributed by atoms with E-state index < -0.39 is 0 Å². The maximum Gasteiger partial charge on any atom is 0.273 e. The molecule has 1 aliphatic rings. The van der Waals surface area contributed by atoms with Crippen molar-refractivity contribution < 1.29 is 9.53 Å². The van der Waals surface area contributed by atoms with Crippen molar-refractivity contribution in [3.05, 3.63) is 41.0 Å². The molecule has 106 valence electrons. The van der Waals surface area contributed by atoms with Gasteiger partial charge in [-0.2, -0.15) is 0 Å². The highest BCUT2D eigenvalue weighted by Gasteiger charge is 2.20. The van der Waals surface area contributed by atoms with Gasteiger partial charge in [-0.1, -0.05) is 12.1 Å². The molecule has 3 rings (SSSR count). The molecule has 1 aliphatic heterocycles. The fraction of sp³-hybridized carbons (Fsp3) is 0.0714. The topological polar surface area (TPSA) is 63.2 Å². The average molecular weight is 317 g/mol. The summed E-state index contributed by atoms with van der Waals surface area (Å²) in [6.45, 7) is 0. The second-order valence-electron chi connectivity index (χ2n) is 4.28. The van der Waals surface area contributed by atoms with Crippen LogP contribution in [0.4, 0.5) is 0 Å². The summed E-state index contributed by atoms with van der Waals surface area (Å²) in [7, 11) is 1.63. The van der Waals surface area contributed by atoms with Crippen molar-refractivity contribution in [2.24, 2.45) is 0 Å². The summed E-state index contributed by atoms with van der Waals surface area (Å²) in [6, 6.07) is 7.69. The molecule has 0 radical (unpaired) electrons. The van der Waals surface area contributed by atoms with Crippen molar-refractivity contribution in [2.45, 2.75) is 0 Å². The predicted molar refractivity (Wildman–Crippen MR) is 86.0 cm³/mol. The van der Waals surface area contributed by atoms with Gasteiger partial charge in [0, 0.05) is 10.9 Å². The number of rotatable bonds is 3. The smallest absolute Gasteiger partial charge is 0.273 e. The summed E-state index contributed by atoms with van der Waals surface area (Å²) in [5.74, 6) is 0.542. The van der Waals surface area contributed by atoms with E-state index in [4.69, 9.17) is 17.0 Å². The molecule has 0 bridgehead atoms. The number of thiazole rings is 1. The normalized spacial score (nSPS) is 16.0. The number of methoxy groups -OCH3 is 1. The van der Waals surface area contributed by atoms with Crippen LogP contribution in [-0.2, 0) is 4.79 Å². The summed E-state index contributed by atoms with van der Waals surface area (Å²) in [4.78, 5) is 16.1. The number of benzene rings is 1. The van der Waals surface area contributed by atoms with Gasteiger partial charge in [-0.25, -0.2) is 4.98 Å². The van der Waals surface area contributed by atoms with Gasteiger partial charge in [-0.15, -0.1) is 11.3 Å². The van der Waals surface area contributed by atoms with Gasteiger partial charge in [0.25, 0.3) is 5.91 Å². The van der Waals surface area contributed by atoms with Gasteiger partial charge in [0.1, 0.15) is 16.5 Å². The molecule has 1 aromatic carbocycles. The van der Waals surface area contributed by atoms with Crippen LogP contribution in [0.3, 0.4) is 0 Å². The zero-order valence-electron chi connectivity index (χ0n) is 11.0. The van der Waals surface area contributed by atoms with E-state index in [0.29, 0.717) is 16.5 Å². The largest absolute Gasteiger partial charge is 0.497 e. The summed E-state index contributed by atoms with van der Waals surface area (Å²) in [5.41, 5.74) is 2.09. The Balaban J connectivity index is 1.88. The molecule has 1 aromatic heterocycles. The molecule has 0 spiro atoms. The fourth-order valence-electron chi connectivity index (χ4n) is 1.87. The van der Waals surface area contributed by atoms with Gasteiger partial charge in [0.05, 0.1) is 12.8 Å². The first kappa shape index (κ1) is 13.7. The Hall–Kier alpha value is -2.25. The number of hydrogen-bond acceptors (Lipinski definition) is 5. The van der Waals surface area contributed by atoms with Crippen LogP contribution in [0, 0.1) is 0 Å². The second-order valence-corrected chi connectivity index (χ2v) is 5.54. The van der Waals surface area contributed by atoms with Crippen LogP contribution in [0.5, 0.6) is 5.75 Å². The monoisotopic (exact) mass is 317 g/mol. The first-order chi connectivity index (χ1) is 10.2. The minimum Gasteiger partial charge on any atom is -0.497 e. The zero-order valence-corrected chi connectivity index (χ0v) is 12.7. The Morgan fingerprint density at radius 1 is 1.38 bits per heavy atom. The number of ether oxygens (including phenoxy) is 1. The van der Waals surface area contributed by atoms with Crippen LogP contribution in [0.2, 0.25) is 0 Å². The standard InChI is InChI=1S/C14H11N3O2S2/c1-19-10-4-2-3-8(5-10)13-15-9(7-21-13)6-11-12(18)17-14(20)16-11/h2-7H,1H3,(H2,16,17,18,20)/b11-6-. The molecule has 1 saturated heterocycles. The maximum absolute atomic E-state index is 11.6. The third kappa shape index (κ3) is 2.93. The van der Waals surface area contributed by atoms with E-state index in [9.17, 15) is 4.79 Å². The third-order valence-corrected chi connectivity index (χ3v) is 3.96. The molecule has 0 unspecified atom stereocenters. The van der Waals surface area contributed by atoms with Crippen LogP contribution in [0.25, 0.3) is 16.6 Å². The Morgan fingerprint density at radius 3 is 2.95 bits per heavy atom. The summed E-state index contributed by atoms with van der Waals surface area (Å²) in [5, 5.41) is 8.37. The van der Waals surface area contributed by atoms with E-state index in [2.05, 4.69) is 15.6 Å². The highest BCUT2D eigenvalue weighted by molar-refractivity contribution is 7.80. The van der Waals surface area contributed by atoms with Crippen LogP contribution in [0.1, 0.15) is 5.69 Å². The van der Waals surface area contributed by atoms with Crippen molar-refractivity contribution in [2.75, 3.05) is 7.11 Å². The fourth-order valence-corrected chi connectivity index (χ4v) is 2.85. The second kappa shape index (κ2) is 5.63. The Kier molecular flexibility index (Phi) is 3.68. The van der Waals surface area contributed by atoms with E-state index >= 15 is 0 Å². The number of hydrogen-bond donors (Lipinski definition) is 2. The van der Waals surface area contributed by atoms with Crippen molar-refractivity contribution in [3.8, 4) is 16.3 Å². The quantitative estimate of drug-likeness (QED) is 0.671. The van der Waals surface area contributed by atoms with Gasteiger partial charge in [-0.05, 0) is 30.4 Å². The Bertz CT molecular complexity index is 752. The number of amides is 1. The molecule has 7 heteroatoms. The Morgan fingerprint density at radius 2 is 2.24 bits per heavy atom. The number of nitrogens with one attached hydrogen (secondary N) is 2. The van der Waals surface area contributed by atoms with Crippen molar-refractivity contribution in [1.82, 2.24) is 15.6 Å². The molecule has 5 nitrogen and oxygen atoms in total. The molecule has 0 atom stereocenters. The lowest BCUT2D eigenvalue weighted by atomic mass is 10.2. The number of carbonyl (C=O) groups excluding carboxylic acids is 1. The van der Waals surface area contributed by atoms with Gasteiger partial charge in [-0.3, -0.25) is 10.1 Å². The van der Waals surface area contributed by atoms with E-state index in [0.717, 1.165) is 16.3 Å². The first-order valence-electron chi connectivity index (χ1n) is 6.10. The van der Waals surface area contributed by atoms with Gasteiger partial charge >= 0.3 is 0 Å². The van der Waals surface area contributed by atoms with E-state index in [1.165, 1.54) is 11.3 Å². The van der Waals surface area contributed by atoms with E-state index in [-0.39, 0.29) is 5.91 Å². The highest BCUT2D eigenvalue weighted by atomic mass is 32.1. The van der Waals surface area contributed by atoms with Crippen molar-refractivity contribution in [1.29, 1.82) is 0 Å². The first-order valence-corrected chi connectivity index (χ1v) is 7.38. The van der Waals surface area contributed by atoms with Crippen LogP contribution in [0.15, 0.2) is 35.3 Å². The molecule has 2 aromatic rings. The summed E-state index contributed by atoms with van der Waals surface area (Å²) in [6.07, 6.45) is 1.68. The van der Waals surface area contributed by atoms with Crippen LogP contribution < -0.4 is 15.4 Å². The predicted octanol–water partition coefficient (Wildman–Crippen LogP) is 2.16. The minimum atomic E-state index is -0.240. The number of thiocarbonyl (C=S) groups is 1. The number of aromatic nitrogens is 1. The van der Waals surface area contributed by atoms with Crippen molar-refractivity contribution >= 4 is 40.7 Å². The molecule has 21 heavy (non-hydrogen) atoms. The minimum absolute atomic E-state index is 0.240. The third-order valence-electron chi connectivity index (χ3n) is 2.85. The molecule has 2 heterocycles. The van der Waals surface area contributed by atoms with Gasteiger partial charge in [0.15, 0.2) is 5.11 Å². The lowest BCUT2D eigenvalue weighted by molar-refractivity contribution is -0.115. The molecular formula is C14H11N3O2S2. The van der Waals surface area contributed by atoms with Crippen LogP contribution in [-0.4, -0.2) is 23.1 Å². The van der Waals surface area contributed by atoms with Gasteiger partial charge in [0.2, 0.25) is 0 Å². The molecule has 2 N–H and O–H groups in total. The van der Waals surface area contributed by atoms with E-state index in [1.807, 2.05) is 29.6 Å². The number of carbonyl (C=O) groups is 1. The maximum atomic E-state index is 11.6. The number of nitrogens with zero attached hydrogens (tertiary/aromatic N) is 1. The molecular weight excluding hydrogens is 306 g/mol. The summed E-state index contributed by atoms with van der Waals surface area (Å²) >= 11 is 6.39. The molecule has 0 saturated carbocycles. The van der Waals surface area contributed by atoms with Crippen molar-refractivity contribution in [3.63, 3.8) is 0 Å². The van der Waals surface area contributed by atoms with Gasteiger partial charge < -0.3 is 10.1 Å². The average Bonchev–Trinajstić information content (AvgIpc) is 3.06. The highest BCUT2D eigenvalue weighted by Crippen LogP contribution is 2.27. The molecule has 1 amide bonds. The molecule has 1 fully saturated rings.